The van der Waals surface area contributed by atoms with Crippen LogP contribution in [0.25, 0.3) is 16.5 Å². The minimum absolute atomic E-state index is 0.164. The van der Waals surface area contributed by atoms with Gasteiger partial charge in [0.25, 0.3) is 6.01 Å². The molecule has 5 nitrogen and oxygen atoms in total. The van der Waals surface area contributed by atoms with Gasteiger partial charge in [-0.3, -0.25) is 4.79 Å². The van der Waals surface area contributed by atoms with Crippen molar-refractivity contribution in [3.63, 3.8) is 0 Å². The molecule has 0 saturated carbocycles. The first-order valence-corrected chi connectivity index (χ1v) is 9.75. The molecule has 0 saturated heterocycles. The van der Waals surface area contributed by atoms with Crippen molar-refractivity contribution in [2.24, 2.45) is 5.92 Å². The van der Waals surface area contributed by atoms with Gasteiger partial charge in [-0.1, -0.05) is 29.8 Å². The van der Waals surface area contributed by atoms with Gasteiger partial charge in [0.1, 0.15) is 12.2 Å². The molecule has 1 unspecified atom stereocenters. The van der Waals surface area contributed by atoms with Crippen LogP contribution in [0.5, 0.6) is 5.88 Å². The number of allylic oxidation sites excluding steroid dienone is 2. The second-order valence-electron chi connectivity index (χ2n) is 7.12. The van der Waals surface area contributed by atoms with Crippen molar-refractivity contribution in [3.8, 4) is 5.88 Å². The van der Waals surface area contributed by atoms with Gasteiger partial charge in [-0.25, -0.2) is 4.98 Å². The lowest BCUT2D eigenvalue weighted by Gasteiger charge is -2.20. The van der Waals surface area contributed by atoms with Gasteiger partial charge in [-0.15, -0.1) is 0 Å². The number of carbonyl (C=O) groups is 1. The van der Waals surface area contributed by atoms with Crippen LogP contribution in [-0.4, -0.2) is 16.1 Å². The summed E-state index contributed by atoms with van der Waals surface area (Å²) in [5.74, 6) is -0.129. The van der Waals surface area contributed by atoms with E-state index in [4.69, 9.17) is 25.9 Å². The third kappa shape index (κ3) is 4.43. The number of benzene rings is 1. The first-order chi connectivity index (χ1) is 14.0. The fraction of sp³-hybridized carbons (Fsp3) is 0.273. The molecule has 1 atom stereocenters. The van der Waals surface area contributed by atoms with Crippen LogP contribution < -0.4 is 4.74 Å². The minimum Gasteiger partial charge on any atom is -0.481 e. The summed E-state index contributed by atoms with van der Waals surface area (Å²) >= 11 is 6.09. The van der Waals surface area contributed by atoms with E-state index in [0.717, 1.165) is 30.5 Å². The van der Waals surface area contributed by atoms with E-state index in [1.54, 1.807) is 18.2 Å². The Balaban J connectivity index is 1.47. The zero-order valence-corrected chi connectivity index (χ0v) is 16.3. The Kier molecular flexibility index (Phi) is 5.53. The molecule has 0 radical (unpaired) electrons. The van der Waals surface area contributed by atoms with Crippen LogP contribution in [0.4, 0.5) is 4.39 Å². The lowest BCUT2D eigenvalue weighted by molar-refractivity contribution is -0.138. The van der Waals surface area contributed by atoms with E-state index >= 15 is 0 Å². The number of carboxylic acids is 1. The summed E-state index contributed by atoms with van der Waals surface area (Å²) in [5, 5.41) is 9.86. The molecule has 0 spiro atoms. The summed E-state index contributed by atoms with van der Waals surface area (Å²) < 4.78 is 24.4. The number of fused-ring (bicyclic) bond motifs is 1. The number of rotatable bonds is 6. The van der Waals surface area contributed by atoms with Gasteiger partial charge in [-0.05, 0) is 42.9 Å². The Labute approximate surface area is 171 Å². The first-order valence-electron chi connectivity index (χ1n) is 9.37. The van der Waals surface area contributed by atoms with Crippen molar-refractivity contribution in [2.75, 3.05) is 0 Å². The highest BCUT2D eigenvalue weighted by Crippen LogP contribution is 2.32. The third-order valence-corrected chi connectivity index (χ3v) is 5.42. The minimum atomic E-state index is -0.756. The lowest BCUT2D eigenvalue weighted by Crippen LogP contribution is -2.11. The first kappa shape index (κ1) is 19.5. The maximum atomic E-state index is 13.5. The Morgan fingerprint density at radius 1 is 1.34 bits per heavy atom. The molecule has 1 aliphatic carbocycles. The van der Waals surface area contributed by atoms with Crippen LogP contribution in [0.3, 0.4) is 0 Å². The molecule has 2 heterocycles. The molecule has 0 amide bonds. The van der Waals surface area contributed by atoms with Crippen LogP contribution in [0.15, 0.2) is 46.9 Å². The zero-order valence-electron chi connectivity index (χ0n) is 15.5. The highest BCUT2D eigenvalue weighted by atomic mass is 35.5. The third-order valence-electron chi connectivity index (χ3n) is 5.09. The number of halogens is 2. The Morgan fingerprint density at radius 2 is 2.21 bits per heavy atom. The monoisotopic (exact) mass is 415 g/mol. The molecular weight excluding hydrogens is 397 g/mol. The molecule has 7 heteroatoms. The van der Waals surface area contributed by atoms with Gasteiger partial charge < -0.3 is 14.3 Å². The number of aromatic nitrogens is 1. The van der Waals surface area contributed by atoms with Crippen LogP contribution in [0, 0.1) is 11.9 Å². The fourth-order valence-corrected chi connectivity index (χ4v) is 3.81. The van der Waals surface area contributed by atoms with E-state index in [9.17, 15) is 9.18 Å². The summed E-state index contributed by atoms with van der Waals surface area (Å²) in [6, 6.07) is 9.53. The maximum Gasteiger partial charge on any atom is 0.303 e. The van der Waals surface area contributed by atoms with E-state index < -0.39 is 12.0 Å². The van der Waals surface area contributed by atoms with Crippen LogP contribution >= 0.6 is 11.6 Å². The zero-order chi connectivity index (χ0) is 20.4. The number of pyridine rings is 1. The van der Waals surface area contributed by atoms with Crippen LogP contribution in [0.1, 0.15) is 36.9 Å². The predicted octanol–water partition coefficient (Wildman–Crippen LogP) is 5.86. The van der Waals surface area contributed by atoms with E-state index in [-0.39, 0.29) is 18.9 Å². The van der Waals surface area contributed by atoms with Gasteiger partial charge >= 0.3 is 5.97 Å². The number of carboxylic acid groups (broad SMARTS) is 1. The molecule has 0 fully saturated rings. The Morgan fingerprint density at radius 3 is 2.97 bits per heavy atom. The quantitative estimate of drug-likeness (QED) is 0.546. The summed E-state index contributed by atoms with van der Waals surface area (Å²) in [6.45, 7) is 0.164. The number of aliphatic carboxylic acids is 1. The summed E-state index contributed by atoms with van der Waals surface area (Å²) in [5.41, 5.74) is 2.96. The van der Waals surface area contributed by atoms with E-state index in [2.05, 4.69) is 11.1 Å². The van der Waals surface area contributed by atoms with Gasteiger partial charge in [0.15, 0.2) is 0 Å². The number of ether oxygens (including phenoxy) is 1. The average Bonchev–Trinajstić information content (AvgIpc) is 3.10. The number of nitrogens with zero attached hydrogens (tertiary/aromatic N) is 1. The molecule has 1 aromatic carbocycles. The second-order valence-corrected chi connectivity index (χ2v) is 7.52. The number of hydrogen-bond acceptors (Lipinski definition) is 4. The standard InChI is InChI=1S/C22H19ClFNO4/c23-17-9-8-15(22-16(17)11-19(24)29-22)12-28-20-3-1-2-18(25-20)14-6-4-13(5-7-14)10-21(26)27/h1-3,6,8-9,11,13H,4-5,7,10,12H2,(H,26,27). The number of hydrogen-bond donors (Lipinski definition) is 1. The van der Waals surface area contributed by atoms with Gasteiger partial charge in [0.05, 0.1) is 10.7 Å². The largest absolute Gasteiger partial charge is 0.481 e. The lowest BCUT2D eigenvalue weighted by atomic mass is 9.86. The normalized spacial score (nSPS) is 16.6. The van der Waals surface area contributed by atoms with Crippen molar-refractivity contribution in [1.29, 1.82) is 0 Å². The highest BCUT2D eigenvalue weighted by molar-refractivity contribution is 6.35. The van der Waals surface area contributed by atoms with Gasteiger partial charge in [0.2, 0.25) is 5.88 Å². The smallest absolute Gasteiger partial charge is 0.303 e. The molecule has 0 aliphatic heterocycles. The Bertz CT molecular complexity index is 1090. The predicted molar refractivity (Wildman–Crippen MR) is 107 cm³/mol. The van der Waals surface area contributed by atoms with Crippen molar-refractivity contribution >= 4 is 34.1 Å². The summed E-state index contributed by atoms with van der Waals surface area (Å²) in [7, 11) is 0. The molecule has 29 heavy (non-hydrogen) atoms. The van der Waals surface area contributed by atoms with Crippen LogP contribution in [0.2, 0.25) is 5.02 Å². The van der Waals surface area contributed by atoms with Crippen molar-refractivity contribution in [1.82, 2.24) is 4.98 Å². The second kappa shape index (κ2) is 8.25. The molecule has 1 aliphatic rings. The SMILES string of the molecule is O=C(O)CC1CC=C(c2cccc(OCc3ccc(Cl)c4cc(F)oc34)n2)CC1. The maximum absolute atomic E-state index is 13.5. The van der Waals surface area contributed by atoms with E-state index in [1.807, 2.05) is 12.1 Å². The molecule has 2 aromatic heterocycles. The molecule has 1 N–H and O–H groups in total. The average molecular weight is 416 g/mol. The highest BCUT2D eigenvalue weighted by Gasteiger charge is 2.19. The Hall–Kier alpha value is -2.86. The van der Waals surface area contributed by atoms with Crippen molar-refractivity contribution in [2.45, 2.75) is 32.3 Å². The van der Waals surface area contributed by atoms with Crippen LogP contribution in [-0.2, 0) is 11.4 Å². The van der Waals surface area contributed by atoms with E-state index in [0.29, 0.717) is 27.4 Å². The molecule has 3 aromatic rings. The molecule has 0 bridgehead atoms. The summed E-state index contributed by atoms with van der Waals surface area (Å²) in [6.07, 6.45) is 4.62. The molecule has 150 valence electrons. The molecular formula is C22H19ClFNO4. The fourth-order valence-electron chi connectivity index (χ4n) is 3.61. The molecule has 4 rings (SSSR count). The van der Waals surface area contributed by atoms with Crippen molar-refractivity contribution in [3.05, 3.63) is 64.8 Å². The topological polar surface area (TPSA) is 72.6 Å². The number of furan rings is 1. The van der Waals surface area contributed by atoms with Gasteiger partial charge in [0, 0.05) is 29.5 Å². The van der Waals surface area contributed by atoms with Crippen molar-refractivity contribution < 1.29 is 23.4 Å². The van der Waals surface area contributed by atoms with E-state index in [1.165, 1.54) is 6.07 Å². The van der Waals surface area contributed by atoms with Gasteiger partial charge in [-0.2, -0.15) is 4.39 Å². The summed E-state index contributed by atoms with van der Waals surface area (Å²) in [4.78, 5) is 15.4.